The summed E-state index contributed by atoms with van der Waals surface area (Å²) in [5, 5.41) is 9.11. The Hall–Kier alpha value is -0.470. The number of sulfonamides is 1. The molecule has 0 spiro atoms. The topological polar surface area (TPSA) is 69.6 Å². The molecule has 0 atom stereocenters. The highest BCUT2D eigenvalue weighted by molar-refractivity contribution is 7.91. The third-order valence-corrected chi connectivity index (χ3v) is 6.48. The maximum atomic E-state index is 12.1. The van der Waals surface area contributed by atoms with E-state index in [1.54, 1.807) is 6.07 Å². The molecule has 0 amide bonds. The SMILES string of the molecule is Cc1cc(S(=O)(=O)NCCN2CCCC2)sc1CO. The third-order valence-electron chi connectivity index (χ3n) is 3.33. The van der Waals surface area contributed by atoms with E-state index in [0.29, 0.717) is 11.4 Å². The number of thiophene rings is 1. The smallest absolute Gasteiger partial charge is 0.250 e. The minimum absolute atomic E-state index is 0.111. The van der Waals surface area contributed by atoms with Gasteiger partial charge in [-0.15, -0.1) is 11.3 Å². The second-order valence-electron chi connectivity index (χ2n) is 4.78. The standard InChI is InChI=1S/C12H20N2O3S2/c1-10-8-12(18-11(10)9-15)19(16,17)13-4-7-14-5-2-3-6-14/h8,13,15H,2-7,9H2,1H3. The van der Waals surface area contributed by atoms with Crippen molar-refractivity contribution in [2.24, 2.45) is 0 Å². The summed E-state index contributed by atoms with van der Waals surface area (Å²) in [6.07, 6.45) is 2.41. The lowest BCUT2D eigenvalue weighted by Crippen LogP contribution is -2.33. The first-order chi connectivity index (χ1) is 9.03. The molecule has 0 radical (unpaired) electrons. The van der Waals surface area contributed by atoms with Gasteiger partial charge in [0.1, 0.15) is 4.21 Å². The van der Waals surface area contributed by atoms with E-state index in [-0.39, 0.29) is 10.8 Å². The summed E-state index contributed by atoms with van der Waals surface area (Å²) in [7, 11) is -3.43. The van der Waals surface area contributed by atoms with Gasteiger partial charge in [-0.05, 0) is 44.5 Å². The molecular weight excluding hydrogens is 284 g/mol. The molecule has 0 saturated carbocycles. The molecule has 7 heteroatoms. The first-order valence-electron chi connectivity index (χ1n) is 6.45. The van der Waals surface area contributed by atoms with Crippen molar-refractivity contribution in [3.63, 3.8) is 0 Å². The fourth-order valence-corrected chi connectivity index (χ4v) is 4.71. The first-order valence-corrected chi connectivity index (χ1v) is 8.75. The normalized spacial score (nSPS) is 17.2. The highest BCUT2D eigenvalue weighted by atomic mass is 32.2. The molecule has 1 aliphatic rings. The van der Waals surface area contributed by atoms with Gasteiger partial charge in [0, 0.05) is 18.0 Å². The summed E-state index contributed by atoms with van der Waals surface area (Å²) in [6.45, 7) is 5.03. The summed E-state index contributed by atoms with van der Waals surface area (Å²) < 4.78 is 27.1. The number of hydrogen-bond donors (Lipinski definition) is 2. The van der Waals surface area contributed by atoms with Gasteiger partial charge < -0.3 is 10.0 Å². The maximum absolute atomic E-state index is 12.1. The van der Waals surface area contributed by atoms with Gasteiger partial charge in [0.25, 0.3) is 0 Å². The maximum Gasteiger partial charge on any atom is 0.250 e. The summed E-state index contributed by atoms with van der Waals surface area (Å²) >= 11 is 1.14. The van der Waals surface area contributed by atoms with Gasteiger partial charge in [-0.1, -0.05) is 0 Å². The third kappa shape index (κ3) is 3.76. The minimum Gasteiger partial charge on any atom is -0.391 e. The van der Waals surface area contributed by atoms with E-state index in [0.717, 1.165) is 36.5 Å². The Labute approximate surface area is 118 Å². The van der Waals surface area contributed by atoms with Gasteiger partial charge in [0.05, 0.1) is 6.61 Å². The van der Waals surface area contributed by atoms with Gasteiger partial charge in [-0.3, -0.25) is 0 Å². The van der Waals surface area contributed by atoms with Crippen LogP contribution < -0.4 is 4.72 Å². The summed E-state index contributed by atoms with van der Waals surface area (Å²) in [5.41, 5.74) is 0.826. The Kier molecular flexibility index (Phi) is 4.97. The van der Waals surface area contributed by atoms with Crippen LogP contribution in [0.3, 0.4) is 0 Å². The molecule has 1 aromatic heterocycles. The number of rotatable bonds is 6. The highest BCUT2D eigenvalue weighted by Gasteiger charge is 2.19. The average Bonchev–Trinajstić information content (AvgIpc) is 2.98. The van der Waals surface area contributed by atoms with Crippen molar-refractivity contribution in [1.82, 2.24) is 9.62 Å². The predicted octanol–water partition coefficient (Wildman–Crippen LogP) is 0.923. The molecule has 0 aromatic carbocycles. The van der Waals surface area contributed by atoms with E-state index in [1.165, 1.54) is 12.8 Å². The second kappa shape index (κ2) is 6.32. The zero-order chi connectivity index (χ0) is 13.9. The number of hydrogen-bond acceptors (Lipinski definition) is 5. The number of aliphatic hydroxyl groups is 1. The molecule has 1 saturated heterocycles. The van der Waals surface area contributed by atoms with Crippen molar-refractivity contribution >= 4 is 21.4 Å². The van der Waals surface area contributed by atoms with E-state index < -0.39 is 10.0 Å². The molecule has 0 aliphatic carbocycles. The molecule has 108 valence electrons. The molecule has 0 bridgehead atoms. The molecule has 1 fully saturated rings. The van der Waals surface area contributed by atoms with Crippen molar-refractivity contribution in [2.45, 2.75) is 30.6 Å². The zero-order valence-electron chi connectivity index (χ0n) is 11.1. The number of aliphatic hydroxyl groups excluding tert-OH is 1. The van der Waals surface area contributed by atoms with E-state index >= 15 is 0 Å². The van der Waals surface area contributed by atoms with E-state index in [9.17, 15) is 8.42 Å². The number of nitrogens with zero attached hydrogens (tertiary/aromatic N) is 1. The lowest BCUT2D eigenvalue weighted by atomic mass is 10.3. The van der Waals surface area contributed by atoms with E-state index in [2.05, 4.69) is 9.62 Å². The van der Waals surface area contributed by atoms with Crippen LogP contribution in [0.5, 0.6) is 0 Å². The van der Waals surface area contributed by atoms with Crippen LogP contribution in [0.15, 0.2) is 10.3 Å². The molecule has 19 heavy (non-hydrogen) atoms. The van der Waals surface area contributed by atoms with E-state index in [1.807, 2.05) is 6.92 Å². The largest absolute Gasteiger partial charge is 0.391 e. The van der Waals surface area contributed by atoms with Crippen molar-refractivity contribution in [2.75, 3.05) is 26.2 Å². The van der Waals surface area contributed by atoms with Gasteiger partial charge in [-0.2, -0.15) is 0 Å². The van der Waals surface area contributed by atoms with Crippen molar-refractivity contribution in [1.29, 1.82) is 0 Å². The predicted molar refractivity (Wildman–Crippen MR) is 75.8 cm³/mol. The molecular formula is C12H20N2O3S2. The average molecular weight is 304 g/mol. The Morgan fingerprint density at radius 2 is 2.11 bits per heavy atom. The first kappa shape index (κ1) is 14.9. The fourth-order valence-electron chi connectivity index (χ4n) is 2.19. The molecule has 2 heterocycles. The second-order valence-corrected chi connectivity index (χ2v) is 7.91. The van der Waals surface area contributed by atoms with Crippen LogP contribution in [0.25, 0.3) is 0 Å². The van der Waals surface area contributed by atoms with Gasteiger partial charge >= 0.3 is 0 Å². The van der Waals surface area contributed by atoms with Crippen LogP contribution in [-0.4, -0.2) is 44.6 Å². The van der Waals surface area contributed by atoms with Crippen LogP contribution in [-0.2, 0) is 16.6 Å². The monoisotopic (exact) mass is 304 g/mol. The van der Waals surface area contributed by atoms with Crippen LogP contribution in [0.2, 0.25) is 0 Å². The number of aryl methyl sites for hydroxylation is 1. The molecule has 0 unspecified atom stereocenters. The zero-order valence-corrected chi connectivity index (χ0v) is 12.7. The molecule has 5 nitrogen and oxygen atoms in total. The van der Waals surface area contributed by atoms with Crippen molar-refractivity contribution < 1.29 is 13.5 Å². The lowest BCUT2D eigenvalue weighted by Gasteiger charge is -2.14. The fraction of sp³-hybridized carbons (Fsp3) is 0.667. The number of likely N-dealkylation sites (tertiary alicyclic amines) is 1. The molecule has 2 rings (SSSR count). The highest BCUT2D eigenvalue weighted by Crippen LogP contribution is 2.25. The Morgan fingerprint density at radius 3 is 2.68 bits per heavy atom. The Morgan fingerprint density at radius 1 is 1.42 bits per heavy atom. The molecule has 1 aromatic rings. The lowest BCUT2D eigenvalue weighted by molar-refractivity contribution is 0.285. The minimum atomic E-state index is -3.43. The van der Waals surface area contributed by atoms with Crippen LogP contribution in [0.4, 0.5) is 0 Å². The molecule has 1 aliphatic heterocycles. The van der Waals surface area contributed by atoms with Crippen molar-refractivity contribution in [3.05, 3.63) is 16.5 Å². The van der Waals surface area contributed by atoms with Gasteiger partial charge in [0.15, 0.2) is 0 Å². The molecule has 2 N–H and O–H groups in total. The van der Waals surface area contributed by atoms with Crippen LogP contribution in [0.1, 0.15) is 23.3 Å². The summed E-state index contributed by atoms with van der Waals surface area (Å²) in [4.78, 5) is 2.97. The Bertz CT molecular complexity index is 519. The Balaban J connectivity index is 1.93. The van der Waals surface area contributed by atoms with Crippen molar-refractivity contribution in [3.8, 4) is 0 Å². The van der Waals surface area contributed by atoms with Gasteiger partial charge in [-0.25, -0.2) is 13.1 Å². The summed E-state index contributed by atoms with van der Waals surface area (Å²) in [6, 6.07) is 1.62. The number of nitrogens with one attached hydrogen (secondary N) is 1. The summed E-state index contributed by atoms with van der Waals surface area (Å²) in [5.74, 6) is 0. The quantitative estimate of drug-likeness (QED) is 0.820. The van der Waals surface area contributed by atoms with Crippen LogP contribution in [0, 0.1) is 6.92 Å². The van der Waals surface area contributed by atoms with E-state index in [4.69, 9.17) is 5.11 Å². The van der Waals surface area contributed by atoms with Gasteiger partial charge in [0.2, 0.25) is 10.0 Å². The van der Waals surface area contributed by atoms with Crippen LogP contribution >= 0.6 is 11.3 Å².